The highest BCUT2D eigenvalue weighted by molar-refractivity contribution is 5.87. The standard InChI is InChI=1S/C13H17NO3/c1-13(2)6-5-10(7-13)14-8-9(12(16)17)3-4-11(14)15/h3-4,8,10H,5-7H2,1-2H3,(H,16,17). The van der Waals surface area contributed by atoms with Crippen LogP contribution in [-0.4, -0.2) is 15.6 Å². The summed E-state index contributed by atoms with van der Waals surface area (Å²) >= 11 is 0. The molecule has 17 heavy (non-hydrogen) atoms. The molecule has 1 heterocycles. The summed E-state index contributed by atoms with van der Waals surface area (Å²) in [6.07, 6.45) is 4.41. The van der Waals surface area contributed by atoms with E-state index in [2.05, 4.69) is 13.8 Å². The predicted octanol–water partition coefficient (Wildman–Crippen LogP) is 2.30. The second-order valence-corrected chi connectivity index (χ2v) is 5.53. The lowest BCUT2D eigenvalue weighted by Crippen LogP contribution is -2.24. The number of rotatable bonds is 2. The van der Waals surface area contributed by atoms with Crippen LogP contribution in [-0.2, 0) is 0 Å². The Labute approximate surface area is 99.9 Å². The number of hydrogen-bond donors (Lipinski definition) is 1. The molecule has 1 N–H and O–H groups in total. The molecule has 0 saturated heterocycles. The highest BCUT2D eigenvalue weighted by atomic mass is 16.4. The van der Waals surface area contributed by atoms with Gasteiger partial charge in [0, 0.05) is 18.3 Å². The van der Waals surface area contributed by atoms with Gasteiger partial charge in [0.2, 0.25) is 0 Å². The Morgan fingerprint density at radius 1 is 1.47 bits per heavy atom. The zero-order chi connectivity index (χ0) is 12.6. The summed E-state index contributed by atoms with van der Waals surface area (Å²) in [7, 11) is 0. The van der Waals surface area contributed by atoms with Crippen LogP contribution in [0.1, 0.15) is 49.5 Å². The number of aromatic carboxylic acids is 1. The maximum absolute atomic E-state index is 11.8. The number of pyridine rings is 1. The van der Waals surface area contributed by atoms with Crippen LogP contribution < -0.4 is 5.56 Å². The monoisotopic (exact) mass is 235 g/mol. The van der Waals surface area contributed by atoms with Crippen molar-refractivity contribution in [2.45, 2.75) is 39.2 Å². The van der Waals surface area contributed by atoms with E-state index in [4.69, 9.17) is 5.11 Å². The van der Waals surface area contributed by atoms with Crippen molar-refractivity contribution in [3.05, 3.63) is 34.2 Å². The highest BCUT2D eigenvalue weighted by Crippen LogP contribution is 2.42. The van der Waals surface area contributed by atoms with Crippen LogP contribution in [0.5, 0.6) is 0 Å². The van der Waals surface area contributed by atoms with Gasteiger partial charge in [-0.3, -0.25) is 4.79 Å². The second-order valence-electron chi connectivity index (χ2n) is 5.53. The van der Waals surface area contributed by atoms with Crippen molar-refractivity contribution in [1.29, 1.82) is 0 Å². The minimum atomic E-state index is -0.990. The number of hydrogen-bond acceptors (Lipinski definition) is 2. The van der Waals surface area contributed by atoms with E-state index >= 15 is 0 Å². The Hall–Kier alpha value is -1.58. The van der Waals surface area contributed by atoms with E-state index in [1.807, 2.05) is 0 Å². The first-order valence-corrected chi connectivity index (χ1v) is 5.84. The first kappa shape index (κ1) is 11.9. The topological polar surface area (TPSA) is 59.3 Å². The zero-order valence-electron chi connectivity index (χ0n) is 10.1. The van der Waals surface area contributed by atoms with Gasteiger partial charge in [0.15, 0.2) is 0 Å². The van der Waals surface area contributed by atoms with Gasteiger partial charge in [-0.2, -0.15) is 0 Å². The zero-order valence-corrected chi connectivity index (χ0v) is 10.1. The highest BCUT2D eigenvalue weighted by Gasteiger charge is 2.32. The van der Waals surface area contributed by atoms with Gasteiger partial charge in [-0.15, -0.1) is 0 Å². The van der Waals surface area contributed by atoms with Crippen molar-refractivity contribution in [1.82, 2.24) is 4.57 Å². The van der Waals surface area contributed by atoms with Gasteiger partial charge in [-0.1, -0.05) is 13.8 Å². The third-order valence-electron chi connectivity index (χ3n) is 3.52. The summed E-state index contributed by atoms with van der Waals surface area (Å²) < 4.78 is 1.58. The Kier molecular flexibility index (Phi) is 2.81. The van der Waals surface area contributed by atoms with Gasteiger partial charge in [0.1, 0.15) is 0 Å². The predicted molar refractivity (Wildman–Crippen MR) is 64.3 cm³/mol. The number of carbonyl (C=O) groups is 1. The molecule has 92 valence electrons. The summed E-state index contributed by atoms with van der Waals surface area (Å²) in [5.41, 5.74) is 0.301. The lowest BCUT2D eigenvalue weighted by Gasteiger charge is -2.18. The Bertz CT molecular complexity index is 502. The van der Waals surface area contributed by atoms with E-state index in [0.29, 0.717) is 0 Å². The molecule has 0 aromatic carbocycles. The SMILES string of the molecule is CC1(C)CCC(n2cc(C(=O)O)ccc2=O)C1. The van der Waals surface area contributed by atoms with Gasteiger partial charge in [0.25, 0.3) is 5.56 Å². The quantitative estimate of drug-likeness (QED) is 0.855. The van der Waals surface area contributed by atoms with Crippen LogP contribution in [0.3, 0.4) is 0 Å². The molecule has 1 aromatic rings. The second kappa shape index (κ2) is 4.02. The first-order valence-electron chi connectivity index (χ1n) is 5.84. The van der Waals surface area contributed by atoms with Crippen LogP contribution in [0, 0.1) is 5.41 Å². The average molecular weight is 235 g/mol. The molecule has 1 aliphatic carbocycles. The maximum atomic E-state index is 11.8. The van der Waals surface area contributed by atoms with Crippen LogP contribution in [0.4, 0.5) is 0 Å². The van der Waals surface area contributed by atoms with Crippen molar-refractivity contribution < 1.29 is 9.90 Å². The molecule has 0 amide bonds. The molecule has 0 bridgehead atoms. The fourth-order valence-electron chi connectivity index (χ4n) is 2.55. The van der Waals surface area contributed by atoms with Crippen molar-refractivity contribution in [3.63, 3.8) is 0 Å². The molecular formula is C13H17NO3. The van der Waals surface area contributed by atoms with Crippen molar-refractivity contribution in [2.24, 2.45) is 5.41 Å². The van der Waals surface area contributed by atoms with Crippen LogP contribution in [0.2, 0.25) is 0 Å². The van der Waals surface area contributed by atoms with E-state index in [-0.39, 0.29) is 22.6 Å². The van der Waals surface area contributed by atoms with E-state index in [0.717, 1.165) is 19.3 Å². The number of nitrogens with zero attached hydrogens (tertiary/aromatic N) is 1. The molecule has 2 rings (SSSR count). The molecule has 0 spiro atoms. The van der Waals surface area contributed by atoms with Gasteiger partial charge < -0.3 is 9.67 Å². The summed E-state index contributed by atoms with van der Waals surface area (Å²) in [5.74, 6) is -0.990. The molecule has 1 unspecified atom stereocenters. The van der Waals surface area contributed by atoms with Crippen LogP contribution in [0.25, 0.3) is 0 Å². The maximum Gasteiger partial charge on any atom is 0.337 e. The van der Waals surface area contributed by atoms with E-state index in [1.165, 1.54) is 18.3 Å². The van der Waals surface area contributed by atoms with Gasteiger partial charge in [-0.25, -0.2) is 4.79 Å². The minimum Gasteiger partial charge on any atom is -0.478 e. The van der Waals surface area contributed by atoms with Gasteiger partial charge in [0.05, 0.1) is 5.56 Å². The summed E-state index contributed by atoms with van der Waals surface area (Å²) in [4.78, 5) is 22.7. The Balaban J connectivity index is 2.36. The summed E-state index contributed by atoms with van der Waals surface area (Å²) in [6, 6.07) is 2.84. The number of aromatic nitrogens is 1. The summed E-state index contributed by atoms with van der Waals surface area (Å²) in [6.45, 7) is 4.36. The molecule has 1 saturated carbocycles. The van der Waals surface area contributed by atoms with Crippen LogP contribution in [0.15, 0.2) is 23.1 Å². The molecule has 1 aromatic heterocycles. The van der Waals surface area contributed by atoms with Crippen molar-refractivity contribution in [3.8, 4) is 0 Å². The fourth-order valence-corrected chi connectivity index (χ4v) is 2.55. The molecule has 0 radical (unpaired) electrons. The molecule has 1 aliphatic rings. The largest absolute Gasteiger partial charge is 0.478 e. The first-order chi connectivity index (χ1) is 7.89. The number of carboxylic acids is 1. The van der Waals surface area contributed by atoms with E-state index < -0.39 is 5.97 Å². The third kappa shape index (κ3) is 2.40. The summed E-state index contributed by atoms with van der Waals surface area (Å²) in [5, 5.41) is 8.93. The average Bonchev–Trinajstić information content (AvgIpc) is 2.59. The fraction of sp³-hybridized carbons (Fsp3) is 0.538. The minimum absolute atomic E-state index is 0.113. The lowest BCUT2D eigenvalue weighted by atomic mass is 9.92. The Morgan fingerprint density at radius 3 is 2.71 bits per heavy atom. The van der Waals surface area contributed by atoms with Gasteiger partial charge >= 0.3 is 5.97 Å². The molecule has 1 fully saturated rings. The molecular weight excluding hydrogens is 218 g/mol. The Morgan fingerprint density at radius 2 is 2.18 bits per heavy atom. The van der Waals surface area contributed by atoms with Crippen LogP contribution >= 0.6 is 0 Å². The normalized spacial score (nSPS) is 22.6. The smallest absolute Gasteiger partial charge is 0.337 e. The van der Waals surface area contributed by atoms with E-state index in [9.17, 15) is 9.59 Å². The molecule has 0 aliphatic heterocycles. The molecule has 1 atom stereocenters. The van der Waals surface area contributed by atoms with Crippen molar-refractivity contribution >= 4 is 5.97 Å². The molecule has 4 nitrogen and oxygen atoms in total. The molecule has 4 heteroatoms. The van der Waals surface area contributed by atoms with E-state index in [1.54, 1.807) is 4.57 Å². The van der Waals surface area contributed by atoms with Crippen molar-refractivity contribution in [2.75, 3.05) is 0 Å². The lowest BCUT2D eigenvalue weighted by molar-refractivity contribution is 0.0695. The number of carboxylic acid groups (broad SMARTS) is 1. The third-order valence-corrected chi connectivity index (χ3v) is 3.52. The van der Waals surface area contributed by atoms with Gasteiger partial charge in [-0.05, 0) is 30.7 Å².